The lowest BCUT2D eigenvalue weighted by Crippen LogP contribution is -2.31. The van der Waals surface area contributed by atoms with Crippen LogP contribution in [0.5, 0.6) is 0 Å². The highest BCUT2D eigenvalue weighted by Gasteiger charge is 2.25. The summed E-state index contributed by atoms with van der Waals surface area (Å²) in [7, 11) is 0. The van der Waals surface area contributed by atoms with Crippen LogP contribution in [0, 0.1) is 11.3 Å². The number of nitrogens with zero attached hydrogens (tertiary/aromatic N) is 4. The Kier molecular flexibility index (Phi) is 4.65. The van der Waals surface area contributed by atoms with E-state index in [0.29, 0.717) is 29.4 Å². The van der Waals surface area contributed by atoms with Gasteiger partial charge in [0.25, 0.3) is 5.56 Å². The van der Waals surface area contributed by atoms with Crippen LogP contribution in [0.3, 0.4) is 0 Å². The summed E-state index contributed by atoms with van der Waals surface area (Å²) >= 11 is 1.25. The minimum atomic E-state index is -0.461. The fraction of sp³-hybridized carbons (Fsp3) is 0.444. The zero-order chi connectivity index (χ0) is 18.2. The molecule has 0 spiro atoms. The highest BCUT2D eigenvalue weighted by molar-refractivity contribution is 7.99. The van der Waals surface area contributed by atoms with Gasteiger partial charge < -0.3 is 0 Å². The molecule has 5 nitrogen and oxygen atoms in total. The molecule has 0 unspecified atom stereocenters. The largest absolute Gasteiger partial charge is 0.286 e. The molecule has 25 heavy (non-hydrogen) atoms. The number of hydrogen-bond donors (Lipinski definition) is 0. The zero-order valence-corrected chi connectivity index (χ0v) is 15.2. The highest BCUT2D eigenvalue weighted by Crippen LogP contribution is 2.31. The molecule has 0 amide bonds. The zero-order valence-electron chi connectivity index (χ0n) is 14.4. The van der Waals surface area contributed by atoms with E-state index in [4.69, 9.17) is 0 Å². The second kappa shape index (κ2) is 6.60. The third-order valence-electron chi connectivity index (χ3n) is 4.17. The van der Waals surface area contributed by atoms with Crippen LogP contribution in [0.2, 0.25) is 0 Å². The number of nitriles is 1. The van der Waals surface area contributed by atoms with Crippen molar-refractivity contribution in [2.24, 2.45) is 0 Å². The first-order valence-corrected chi connectivity index (χ1v) is 8.97. The molecule has 2 aromatic heterocycles. The molecular formula is C18H19FN4OS. The number of hydrogen-bond acceptors (Lipinski definition) is 5. The van der Waals surface area contributed by atoms with Crippen molar-refractivity contribution in [2.45, 2.75) is 49.6 Å². The summed E-state index contributed by atoms with van der Waals surface area (Å²) in [5, 5.41) is 9.72. The molecule has 0 aliphatic carbocycles. The predicted molar refractivity (Wildman–Crippen MR) is 95.4 cm³/mol. The van der Waals surface area contributed by atoms with Gasteiger partial charge in [-0.3, -0.25) is 14.3 Å². The first-order valence-electron chi connectivity index (χ1n) is 8.09. The second-order valence-electron chi connectivity index (χ2n) is 7.05. The summed E-state index contributed by atoms with van der Waals surface area (Å²) in [4.78, 5) is 21.6. The predicted octanol–water partition coefficient (Wildman–Crippen LogP) is 3.31. The van der Waals surface area contributed by atoms with Gasteiger partial charge >= 0.3 is 0 Å². The van der Waals surface area contributed by atoms with E-state index in [-0.39, 0.29) is 21.8 Å². The molecule has 130 valence electrons. The first kappa shape index (κ1) is 17.6. The van der Waals surface area contributed by atoms with Crippen molar-refractivity contribution in [3.63, 3.8) is 0 Å². The van der Waals surface area contributed by atoms with Crippen molar-refractivity contribution in [3.8, 4) is 17.3 Å². The number of pyridine rings is 1. The van der Waals surface area contributed by atoms with Crippen molar-refractivity contribution in [1.29, 1.82) is 5.26 Å². The molecule has 1 aliphatic rings. The van der Waals surface area contributed by atoms with Gasteiger partial charge in [0.2, 0.25) is 0 Å². The summed E-state index contributed by atoms with van der Waals surface area (Å²) in [6.07, 6.45) is 2.20. The Morgan fingerprint density at radius 3 is 2.76 bits per heavy atom. The molecule has 3 heterocycles. The van der Waals surface area contributed by atoms with E-state index in [2.05, 4.69) is 30.7 Å². The summed E-state index contributed by atoms with van der Waals surface area (Å²) in [5.41, 5.74) is 1.40. The minimum absolute atomic E-state index is 0.00774. The molecule has 7 heteroatoms. The van der Waals surface area contributed by atoms with E-state index < -0.39 is 6.67 Å². The van der Waals surface area contributed by atoms with Gasteiger partial charge in [0, 0.05) is 34.7 Å². The molecule has 0 fully saturated rings. The van der Waals surface area contributed by atoms with Crippen molar-refractivity contribution < 1.29 is 4.39 Å². The van der Waals surface area contributed by atoms with Crippen LogP contribution in [-0.2, 0) is 12.0 Å². The highest BCUT2D eigenvalue weighted by atomic mass is 32.2. The summed E-state index contributed by atoms with van der Waals surface area (Å²) in [6, 6.07) is 5.68. The molecule has 0 saturated carbocycles. The van der Waals surface area contributed by atoms with Gasteiger partial charge in [-0.05, 0) is 18.6 Å². The Morgan fingerprint density at radius 2 is 2.20 bits per heavy atom. The van der Waals surface area contributed by atoms with Crippen LogP contribution in [-0.4, -0.2) is 26.5 Å². The van der Waals surface area contributed by atoms with Gasteiger partial charge in [-0.15, -0.1) is 0 Å². The van der Waals surface area contributed by atoms with Gasteiger partial charge in [-0.25, -0.2) is 9.37 Å². The molecular weight excluding hydrogens is 339 g/mol. The van der Waals surface area contributed by atoms with Crippen molar-refractivity contribution in [1.82, 2.24) is 14.5 Å². The quantitative estimate of drug-likeness (QED) is 0.770. The summed E-state index contributed by atoms with van der Waals surface area (Å²) in [5.74, 6) is 0. The maximum absolute atomic E-state index is 13.0. The van der Waals surface area contributed by atoms with Crippen LogP contribution >= 0.6 is 11.8 Å². The van der Waals surface area contributed by atoms with E-state index in [1.54, 1.807) is 6.20 Å². The average Bonchev–Trinajstić information content (AvgIpc) is 2.60. The molecule has 0 radical (unpaired) electrons. The topological polar surface area (TPSA) is 71.6 Å². The molecule has 1 aliphatic heterocycles. The lowest BCUT2D eigenvalue weighted by molar-refractivity contribution is 0.432. The van der Waals surface area contributed by atoms with E-state index in [1.165, 1.54) is 16.3 Å². The van der Waals surface area contributed by atoms with Crippen molar-refractivity contribution in [3.05, 3.63) is 39.9 Å². The fourth-order valence-electron chi connectivity index (χ4n) is 2.70. The first-order chi connectivity index (χ1) is 11.8. The maximum atomic E-state index is 13.0. The number of alkyl halides is 1. The van der Waals surface area contributed by atoms with Crippen LogP contribution in [0.15, 0.2) is 28.3 Å². The van der Waals surface area contributed by atoms with Gasteiger partial charge in [-0.1, -0.05) is 32.5 Å². The van der Waals surface area contributed by atoms with Crippen LogP contribution < -0.4 is 5.56 Å². The monoisotopic (exact) mass is 358 g/mol. The second-order valence-corrected chi connectivity index (χ2v) is 8.32. The minimum Gasteiger partial charge on any atom is -0.286 e. The van der Waals surface area contributed by atoms with Gasteiger partial charge in [0.15, 0.2) is 5.16 Å². The Hall–Kier alpha value is -2.20. The number of fused-ring (bicyclic) bond motifs is 1. The average molecular weight is 358 g/mol. The van der Waals surface area contributed by atoms with Crippen molar-refractivity contribution in [2.75, 3.05) is 6.67 Å². The van der Waals surface area contributed by atoms with Gasteiger partial charge in [0.05, 0.1) is 5.69 Å². The number of thioether (sulfide) groups is 1. The SMILES string of the molecule is CC(C)(C)c1ccc(-c2nc3n(c(=O)c2C#N)CC[C@H](CF)S3)cn1. The third-order valence-corrected chi connectivity index (χ3v) is 5.39. The Labute approximate surface area is 149 Å². The molecule has 0 bridgehead atoms. The third kappa shape index (κ3) is 3.31. The Balaban J connectivity index is 2.12. The molecule has 2 aromatic rings. The Bertz CT molecular complexity index is 894. The standard InChI is InChI=1S/C18H19FN4OS/c1-18(2,3)14-5-4-11(10-21-14)15-13(9-20)16(24)23-7-6-12(8-19)25-17(23)22-15/h4-5,10,12H,6-8H2,1-3H3/t12-/m1/s1. The summed E-state index contributed by atoms with van der Waals surface area (Å²) in [6.45, 7) is 6.11. The van der Waals surface area contributed by atoms with E-state index in [1.807, 2.05) is 18.2 Å². The van der Waals surface area contributed by atoms with Crippen LogP contribution in [0.1, 0.15) is 38.4 Å². The number of aromatic nitrogens is 3. The normalized spacial score (nSPS) is 17.0. The molecule has 0 N–H and O–H groups in total. The van der Waals surface area contributed by atoms with E-state index in [9.17, 15) is 14.4 Å². The number of rotatable bonds is 2. The van der Waals surface area contributed by atoms with Crippen LogP contribution in [0.4, 0.5) is 4.39 Å². The lowest BCUT2D eigenvalue weighted by atomic mass is 9.91. The van der Waals surface area contributed by atoms with Gasteiger partial charge in [0.1, 0.15) is 18.3 Å². The molecule has 0 saturated heterocycles. The maximum Gasteiger partial charge on any atom is 0.272 e. The molecule has 1 atom stereocenters. The van der Waals surface area contributed by atoms with E-state index >= 15 is 0 Å². The van der Waals surface area contributed by atoms with Crippen LogP contribution in [0.25, 0.3) is 11.3 Å². The Morgan fingerprint density at radius 1 is 1.44 bits per heavy atom. The fourth-order valence-corrected chi connectivity index (χ4v) is 3.73. The lowest BCUT2D eigenvalue weighted by Gasteiger charge is -2.23. The smallest absolute Gasteiger partial charge is 0.272 e. The molecule has 0 aromatic carbocycles. The van der Waals surface area contributed by atoms with Crippen molar-refractivity contribution >= 4 is 11.8 Å². The van der Waals surface area contributed by atoms with Gasteiger partial charge in [-0.2, -0.15) is 5.26 Å². The molecule has 3 rings (SSSR count). The summed E-state index contributed by atoms with van der Waals surface area (Å²) < 4.78 is 14.5. The van der Waals surface area contributed by atoms with E-state index in [0.717, 1.165) is 5.69 Å². The number of halogens is 1.